The van der Waals surface area contributed by atoms with Gasteiger partial charge in [0.15, 0.2) is 5.16 Å². The van der Waals surface area contributed by atoms with Crippen LogP contribution in [0.3, 0.4) is 0 Å². The monoisotopic (exact) mass is 432 g/mol. The zero-order valence-corrected chi connectivity index (χ0v) is 18.5. The van der Waals surface area contributed by atoms with Crippen LogP contribution >= 0.6 is 11.8 Å². The van der Waals surface area contributed by atoms with Gasteiger partial charge in [0, 0.05) is 29.5 Å². The first-order chi connectivity index (χ1) is 15.2. The minimum Gasteiger partial charge on any atom is -0.322 e. The molecule has 1 N–H and O–H groups in total. The van der Waals surface area contributed by atoms with E-state index in [9.17, 15) is 4.79 Å². The molecule has 1 aliphatic rings. The molecule has 1 heterocycles. The number of anilines is 1. The lowest BCUT2D eigenvalue weighted by atomic mass is 9.89. The molecular formula is C25H28N4OS. The van der Waals surface area contributed by atoms with E-state index in [4.69, 9.17) is 0 Å². The van der Waals surface area contributed by atoms with E-state index >= 15 is 0 Å². The largest absolute Gasteiger partial charge is 0.322 e. The van der Waals surface area contributed by atoms with Crippen LogP contribution in [0, 0.1) is 0 Å². The fourth-order valence-electron chi connectivity index (χ4n) is 4.00. The SMILES string of the molecule is C=CCn1c(SCc2ccc(C(=O)Nc3ccccc3)cc2)nnc1C1CCCCC1. The van der Waals surface area contributed by atoms with E-state index in [1.165, 1.54) is 32.1 Å². The first kappa shape index (κ1) is 21.4. The molecule has 6 heteroatoms. The van der Waals surface area contributed by atoms with Gasteiger partial charge in [-0.1, -0.05) is 67.4 Å². The third kappa shape index (κ3) is 5.44. The molecule has 1 saturated carbocycles. The molecule has 0 spiro atoms. The van der Waals surface area contributed by atoms with Crippen molar-refractivity contribution in [3.05, 3.63) is 84.2 Å². The van der Waals surface area contributed by atoms with Crippen molar-refractivity contribution in [1.82, 2.24) is 14.8 Å². The first-order valence-corrected chi connectivity index (χ1v) is 11.9. The van der Waals surface area contributed by atoms with Crippen molar-refractivity contribution in [3.8, 4) is 0 Å². The van der Waals surface area contributed by atoms with Crippen LogP contribution in [0.5, 0.6) is 0 Å². The van der Waals surface area contributed by atoms with Crippen molar-refractivity contribution in [2.24, 2.45) is 0 Å². The molecule has 1 aromatic heterocycles. The standard InChI is InChI=1S/C25H28N4OS/c1-2-17-29-23(20-9-5-3-6-10-20)27-28-25(29)31-18-19-13-15-21(16-14-19)24(30)26-22-11-7-4-8-12-22/h2,4,7-8,11-16,20H,1,3,5-6,9-10,17-18H2,(H,26,30). The van der Waals surface area contributed by atoms with Gasteiger partial charge in [0.1, 0.15) is 5.82 Å². The summed E-state index contributed by atoms with van der Waals surface area (Å²) in [7, 11) is 0. The number of carbonyl (C=O) groups excluding carboxylic acids is 1. The average Bonchev–Trinajstić information content (AvgIpc) is 3.22. The lowest BCUT2D eigenvalue weighted by Gasteiger charge is -2.21. The van der Waals surface area contributed by atoms with E-state index in [0.29, 0.717) is 11.5 Å². The Labute approximate surface area is 188 Å². The Morgan fingerprint density at radius 2 is 1.81 bits per heavy atom. The fraction of sp³-hybridized carbons (Fsp3) is 0.320. The predicted molar refractivity (Wildman–Crippen MR) is 126 cm³/mol. The zero-order valence-electron chi connectivity index (χ0n) is 17.7. The summed E-state index contributed by atoms with van der Waals surface area (Å²) in [5.41, 5.74) is 2.59. The number of rotatable bonds is 8. The Balaban J connectivity index is 1.39. The van der Waals surface area contributed by atoms with Gasteiger partial charge in [-0.2, -0.15) is 0 Å². The van der Waals surface area contributed by atoms with E-state index < -0.39 is 0 Å². The average molecular weight is 433 g/mol. The predicted octanol–water partition coefficient (Wildman–Crippen LogP) is 6.06. The second-order valence-corrected chi connectivity index (χ2v) is 8.82. The number of aromatic nitrogens is 3. The van der Waals surface area contributed by atoms with Crippen molar-refractivity contribution in [2.45, 2.75) is 55.5 Å². The van der Waals surface area contributed by atoms with Crippen LogP contribution in [0.25, 0.3) is 0 Å². The molecule has 0 radical (unpaired) electrons. The second kappa shape index (κ2) is 10.4. The van der Waals surface area contributed by atoms with Gasteiger partial charge in [0.25, 0.3) is 5.91 Å². The first-order valence-electron chi connectivity index (χ1n) is 10.9. The van der Waals surface area contributed by atoms with Gasteiger partial charge in [-0.15, -0.1) is 16.8 Å². The second-order valence-electron chi connectivity index (χ2n) is 7.88. The summed E-state index contributed by atoms with van der Waals surface area (Å²) in [6.07, 6.45) is 8.20. The maximum atomic E-state index is 12.4. The maximum Gasteiger partial charge on any atom is 0.255 e. The number of benzene rings is 2. The smallest absolute Gasteiger partial charge is 0.255 e. The molecule has 1 fully saturated rings. The summed E-state index contributed by atoms with van der Waals surface area (Å²) in [5.74, 6) is 2.29. The number of nitrogens with one attached hydrogen (secondary N) is 1. The van der Waals surface area contributed by atoms with E-state index in [1.54, 1.807) is 11.8 Å². The Bertz CT molecular complexity index is 1010. The minimum absolute atomic E-state index is 0.103. The number of allylic oxidation sites excluding steroid dienone is 1. The molecule has 1 aliphatic carbocycles. The summed E-state index contributed by atoms with van der Waals surface area (Å²) in [4.78, 5) is 12.4. The summed E-state index contributed by atoms with van der Waals surface area (Å²) >= 11 is 1.68. The van der Waals surface area contributed by atoms with Crippen LogP contribution in [0.4, 0.5) is 5.69 Å². The molecule has 160 valence electrons. The van der Waals surface area contributed by atoms with Gasteiger partial charge in [-0.25, -0.2) is 0 Å². The van der Waals surface area contributed by atoms with Gasteiger partial charge in [-0.05, 0) is 42.7 Å². The van der Waals surface area contributed by atoms with E-state index in [-0.39, 0.29) is 5.91 Å². The van der Waals surface area contributed by atoms with Crippen molar-refractivity contribution in [1.29, 1.82) is 0 Å². The highest BCUT2D eigenvalue weighted by Gasteiger charge is 2.23. The molecule has 0 saturated heterocycles. The van der Waals surface area contributed by atoms with Crippen LogP contribution in [0.15, 0.2) is 72.4 Å². The third-order valence-electron chi connectivity index (χ3n) is 5.64. The lowest BCUT2D eigenvalue weighted by molar-refractivity contribution is 0.102. The normalized spacial score (nSPS) is 14.3. The zero-order chi connectivity index (χ0) is 21.5. The van der Waals surface area contributed by atoms with Gasteiger partial charge >= 0.3 is 0 Å². The maximum absolute atomic E-state index is 12.4. The molecule has 0 bridgehead atoms. The summed E-state index contributed by atoms with van der Waals surface area (Å²) in [6, 6.07) is 17.2. The van der Waals surface area contributed by atoms with Gasteiger partial charge < -0.3 is 9.88 Å². The molecule has 0 unspecified atom stereocenters. The number of amides is 1. The molecule has 3 aromatic rings. The molecule has 31 heavy (non-hydrogen) atoms. The van der Waals surface area contributed by atoms with Crippen LogP contribution in [0.1, 0.15) is 59.8 Å². The molecule has 5 nitrogen and oxygen atoms in total. The van der Waals surface area contributed by atoms with Gasteiger partial charge in [0.05, 0.1) is 0 Å². The number of hydrogen-bond donors (Lipinski definition) is 1. The number of hydrogen-bond acceptors (Lipinski definition) is 4. The molecule has 1 amide bonds. The Morgan fingerprint density at radius 1 is 1.06 bits per heavy atom. The van der Waals surface area contributed by atoms with E-state index in [0.717, 1.165) is 34.5 Å². The Hall–Kier alpha value is -2.86. The van der Waals surface area contributed by atoms with Gasteiger partial charge in [-0.3, -0.25) is 4.79 Å². The molecule has 4 rings (SSSR count). The molecule has 0 aliphatic heterocycles. The van der Waals surface area contributed by atoms with Crippen LogP contribution in [-0.2, 0) is 12.3 Å². The number of carbonyl (C=O) groups is 1. The summed E-state index contributed by atoms with van der Waals surface area (Å²) in [6.45, 7) is 4.65. The highest BCUT2D eigenvalue weighted by molar-refractivity contribution is 7.98. The van der Waals surface area contributed by atoms with Crippen molar-refractivity contribution in [2.75, 3.05) is 5.32 Å². The number of nitrogens with zero attached hydrogens (tertiary/aromatic N) is 3. The molecular weight excluding hydrogens is 404 g/mol. The topological polar surface area (TPSA) is 59.8 Å². The van der Waals surface area contributed by atoms with E-state index in [1.807, 2.05) is 60.7 Å². The molecule has 2 aromatic carbocycles. The molecule has 0 atom stereocenters. The number of thioether (sulfide) groups is 1. The quantitative estimate of drug-likeness (QED) is 0.347. The highest BCUT2D eigenvalue weighted by Crippen LogP contribution is 2.33. The van der Waals surface area contributed by atoms with Crippen LogP contribution < -0.4 is 5.32 Å². The Kier molecular flexibility index (Phi) is 7.20. The number of para-hydroxylation sites is 1. The van der Waals surface area contributed by atoms with Crippen molar-refractivity contribution in [3.63, 3.8) is 0 Å². The highest BCUT2D eigenvalue weighted by atomic mass is 32.2. The minimum atomic E-state index is -0.103. The summed E-state index contributed by atoms with van der Waals surface area (Å²) in [5, 5.41) is 12.9. The van der Waals surface area contributed by atoms with Crippen molar-refractivity contribution >= 4 is 23.4 Å². The van der Waals surface area contributed by atoms with Crippen LogP contribution in [0.2, 0.25) is 0 Å². The lowest BCUT2D eigenvalue weighted by Crippen LogP contribution is -2.12. The van der Waals surface area contributed by atoms with Crippen LogP contribution in [-0.4, -0.2) is 20.7 Å². The Morgan fingerprint density at radius 3 is 2.52 bits per heavy atom. The van der Waals surface area contributed by atoms with Crippen molar-refractivity contribution < 1.29 is 4.79 Å². The van der Waals surface area contributed by atoms with Gasteiger partial charge in [0.2, 0.25) is 0 Å². The third-order valence-corrected chi connectivity index (χ3v) is 6.68. The fourth-order valence-corrected chi connectivity index (χ4v) is 4.91. The summed E-state index contributed by atoms with van der Waals surface area (Å²) < 4.78 is 2.22. The van der Waals surface area contributed by atoms with E-state index in [2.05, 4.69) is 26.7 Å².